The lowest BCUT2D eigenvalue weighted by molar-refractivity contribution is -0.144. The van der Waals surface area contributed by atoms with Crippen molar-refractivity contribution < 1.29 is 28.7 Å². The first kappa shape index (κ1) is 23.3. The first-order chi connectivity index (χ1) is 15.4. The fourth-order valence-electron chi connectivity index (χ4n) is 3.45. The van der Waals surface area contributed by atoms with Gasteiger partial charge in [-0.2, -0.15) is 0 Å². The number of Topliss-reactive ketones (excluding diaryl/α,β-unsaturated/α-hetero) is 2. The van der Waals surface area contributed by atoms with Crippen LogP contribution in [-0.4, -0.2) is 49.5 Å². The van der Waals surface area contributed by atoms with Gasteiger partial charge in [-0.3, -0.25) is 14.4 Å². The third-order valence-electron chi connectivity index (χ3n) is 5.06. The molecule has 166 valence electrons. The van der Waals surface area contributed by atoms with Crippen LogP contribution in [0.4, 0.5) is 0 Å². The largest absolute Gasteiger partial charge is 0.496 e. The van der Waals surface area contributed by atoms with E-state index in [0.29, 0.717) is 5.75 Å². The second-order valence-corrected chi connectivity index (χ2v) is 8.10. The lowest BCUT2D eigenvalue weighted by atomic mass is 9.89. The third kappa shape index (κ3) is 4.91. The number of carbonyl (C=O) groups is 4. The van der Waals surface area contributed by atoms with Crippen LogP contribution in [0.2, 0.25) is 0 Å². The Labute approximate surface area is 190 Å². The van der Waals surface area contributed by atoms with Crippen molar-refractivity contribution in [2.45, 2.75) is 19.4 Å². The molecule has 1 N–H and O–H groups in total. The molecule has 0 unspecified atom stereocenters. The van der Waals surface area contributed by atoms with E-state index in [1.54, 1.807) is 25.1 Å². The van der Waals surface area contributed by atoms with E-state index in [9.17, 15) is 19.2 Å². The average molecular weight is 454 g/mol. The van der Waals surface area contributed by atoms with Crippen LogP contribution < -0.4 is 10.1 Å². The molecule has 3 rings (SSSR count). The number of hydrogen-bond donors (Lipinski definition) is 1. The summed E-state index contributed by atoms with van der Waals surface area (Å²) in [4.78, 5) is 50.7. The Morgan fingerprint density at radius 3 is 2.38 bits per heavy atom. The minimum Gasteiger partial charge on any atom is -0.496 e. The van der Waals surface area contributed by atoms with E-state index in [1.165, 1.54) is 14.2 Å². The van der Waals surface area contributed by atoms with E-state index < -0.39 is 17.9 Å². The van der Waals surface area contributed by atoms with Gasteiger partial charge >= 0.3 is 5.97 Å². The molecular formula is C24H23NO6S. The first-order valence-corrected chi connectivity index (χ1v) is 10.9. The summed E-state index contributed by atoms with van der Waals surface area (Å²) in [5.41, 5.74) is 1.63. The number of ketones is 2. The molecule has 7 nitrogen and oxygen atoms in total. The zero-order valence-electron chi connectivity index (χ0n) is 18.0. The van der Waals surface area contributed by atoms with Crippen LogP contribution in [0, 0.1) is 0 Å². The lowest BCUT2D eigenvalue weighted by Gasteiger charge is -2.21. The van der Waals surface area contributed by atoms with Gasteiger partial charge in [-0.1, -0.05) is 42.5 Å². The van der Waals surface area contributed by atoms with Crippen molar-refractivity contribution in [2.24, 2.45) is 0 Å². The number of rotatable bonds is 8. The molecule has 1 amide bonds. The van der Waals surface area contributed by atoms with Gasteiger partial charge in [-0.15, -0.1) is 11.8 Å². The van der Waals surface area contributed by atoms with Gasteiger partial charge in [0.05, 0.1) is 30.4 Å². The van der Waals surface area contributed by atoms with Crippen LogP contribution in [0.5, 0.6) is 5.75 Å². The van der Waals surface area contributed by atoms with E-state index in [4.69, 9.17) is 9.47 Å². The minimum atomic E-state index is -0.866. The lowest BCUT2D eigenvalue weighted by Crippen LogP contribution is -2.43. The van der Waals surface area contributed by atoms with Crippen molar-refractivity contribution in [3.63, 3.8) is 0 Å². The number of nitrogens with one attached hydrogen (secondary N) is 1. The highest BCUT2D eigenvalue weighted by molar-refractivity contribution is 8.04. The number of allylic oxidation sites excluding steroid dienone is 2. The summed E-state index contributed by atoms with van der Waals surface area (Å²) < 4.78 is 10.1. The van der Waals surface area contributed by atoms with E-state index in [0.717, 1.165) is 17.3 Å². The molecule has 1 atom stereocenters. The van der Waals surface area contributed by atoms with Crippen molar-refractivity contribution >= 4 is 35.2 Å². The summed E-state index contributed by atoms with van der Waals surface area (Å²) in [6.45, 7) is 1.57. The Bertz CT molecular complexity index is 1090. The molecule has 1 aliphatic carbocycles. The molecule has 0 spiro atoms. The van der Waals surface area contributed by atoms with E-state index in [-0.39, 0.29) is 45.3 Å². The number of ether oxygens (including phenoxy) is 2. The quantitative estimate of drug-likeness (QED) is 0.614. The molecule has 0 saturated carbocycles. The highest BCUT2D eigenvalue weighted by Gasteiger charge is 2.33. The molecule has 32 heavy (non-hydrogen) atoms. The summed E-state index contributed by atoms with van der Waals surface area (Å²) in [5, 5.41) is 2.66. The number of fused-ring (bicyclic) bond motifs is 1. The van der Waals surface area contributed by atoms with Gasteiger partial charge in [-0.05, 0) is 18.6 Å². The second kappa shape index (κ2) is 10.3. The Kier molecular flexibility index (Phi) is 7.48. The fraction of sp³-hybridized carbons (Fsp3) is 0.250. The number of hydrogen-bond acceptors (Lipinski definition) is 7. The second-order valence-electron chi connectivity index (χ2n) is 7.12. The molecule has 0 aliphatic heterocycles. The third-order valence-corrected chi connectivity index (χ3v) is 6.24. The monoisotopic (exact) mass is 453 g/mol. The maximum absolute atomic E-state index is 13.1. The van der Waals surface area contributed by atoms with Crippen LogP contribution in [0.25, 0.3) is 0 Å². The summed E-state index contributed by atoms with van der Waals surface area (Å²) >= 11 is 0.965. The van der Waals surface area contributed by atoms with Crippen LogP contribution >= 0.6 is 11.8 Å². The van der Waals surface area contributed by atoms with Crippen molar-refractivity contribution in [2.75, 3.05) is 20.0 Å². The average Bonchev–Trinajstić information content (AvgIpc) is 2.81. The van der Waals surface area contributed by atoms with Crippen LogP contribution in [-0.2, 0) is 20.7 Å². The van der Waals surface area contributed by atoms with Crippen LogP contribution in [0.3, 0.4) is 0 Å². The maximum atomic E-state index is 13.1. The van der Waals surface area contributed by atoms with Gasteiger partial charge < -0.3 is 14.8 Å². The van der Waals surface area contributed by atoms with Crippen molar-refractivity contribution in [1.82, 2.24) is 5.32 Å². The maximum Gasteiger partial charge on any atom is 0.328 e. The Balaban J connectivity index is 1.72. The van der Waals surface area contributed by atoms with E-state index >= 15 is 0 Å². The number of methoxy groups -OCH3 is 2. The molecular weight excluding hydrogens is 430 g/mol. The summed E-state index contributed by atoms with van der Waals surface area (Å²) in [6, 6.07) is 13.2. The zero-order valence-corrected chi connectivity index (χ0v) is 18.8. The van der Waals surface area contributed by atoms with Crippen LogP contribution in [0.1, 0.15) is 33.2 Å². The zero-order chi connectivity index (χ0) is 23.3. The van der Waals surface area contributed by atoms with Gasteiger partial charge in [0.1, 0.15) is 11.8 Å². The van der Waals surface area contributed by atoms with Crippen molar-refractivity contribution in [3.05, 3.63) is 75.7 Å². The predicted octanol–water partition coefficient (Wildman–Crippen LogP) is 2.98. The highest BCUT2D eigenvalue weighted by atomic mass is 32.2. The van der Waals surface area contributed by atoms with E-state index in [2.05, 4.69) is 5.32 Å². The molecule has 2 aromatic carbocycles. The predicted molar refractivity (Wildman–Crippen MR) is 121 cm³/mol. The highest BCUT2D eigenvalue weighted by Crippen LogP contribution is 2.36. The first-order valence-electron chi connectivity index (χ1n) is 9.88. The Hall–Kier alpha value is -3.39. The molecule has 0 aromatic heterocycles. The van der Waals surface area contributed by atoms with Gasteiger partial charge in [0.2, 0.25) is 11.7 Å². The smallest absolute Gasteiger partial charge is 0.328 e. The van der Waals surface area contributed by atoms with Crippen molar-refractivity contribution in [3.8, 4) is 5.75 Å². The Morgan fingerprint density at radius 1 is 1.00 bits per heavy atom. The number of amides is 1. The standard InChI is InChI=1S/C24H23NO6S/c1-14-21(27)16-10-7-11-18(30-2)20(16)22(28)23(14)32-13-19(26)25-17(24(29)31-3)12-15-8-5-4-6-9-15/h4-11,17H,12-13H2,1-3H3,(H,25,26)/t17-/m0/s1. The van der Waals surface area contributed by atoms with Gasteiger partial charge in [0.15, 0.2) is 5.78 Å². The molecule has 0 radical (unpaired) electrons. The topological polar surface area (TPSA) is 98.8 Å². The molecule has 0 bridgehead atoms. The Morgan fingerprint density at radius 2 is 1.72 bits per heavy atom. The van der Waals surface area contributed by atoms with Crippen LogP contribution in [0.15, 0.2) is 59.0 Å². The van der Waals surface area contributed by atoms with Gasteiger partial charge in [0, 0.05) is 17.6 Å². The molecule has 1 aliphatic rings. The number of carbonyl (C=O) groups excluding carboxylic acids is 4. The number of esters is 1. The molecule has 0 saturated heterocycles. The van der Waals surface area contributed by atoms with Gasteiger partial charge in [0.25, 0.3) is 0 Å². The molecule has 2 aromatic rings. The molecule has 0 heterocycles. The molecule has 8 heteroatoms. The fourth-order valence-corrected chi connectivity index (χ4v) is 4.35. The van der Waals surface area contributed by atoms with Crippen molar-refractivity contribution in [1.29, 1.82) is 0 Å². The van der Waals surface area contributed by atoms with E-state index in [1.807, 2.05) is 30.3 Å². The normalized spacial score (nSPS) is 14.0. The summed E-state index contributed by atoms with van der Waals surface area (Å²) in [5.74, 6) is -1.49. The molecule has 0 fully saturated rings. The number of benzene rings is 2. The summed E-state index contributed by atoms with van der Waals surface area (Å²) in [7, 11) is 2.69. The summed E-state index contributed by atoms with van der Waals surface area (Å²) in [6.07, 6.45) is 0.271. The number of thioether (sulfide) groups is 1. The SMILES string of the molecule is COC(=O)[C@H](Cc1ccccc1)NC(=O)CSC1=C(C)C(=O)c2cccc(OC)c2C1=O. The van der Waals surface area contributed by atoms with Gasteiger partial charge in [-0.25, -0.2) is 4.79 Å². The minimum absolute atomic E-state index is 0.140.